The van der Waals surface area contributed by atoms with Gasteiger partial charge in [-0.15, -0.1) is 0 Å². The third-order valence-electron chi connectivity index (χ3n) is 5.38. The van der Waals surface area contributed by atoms with E-state index < -0.39 is 0 Å². The molecule has 1 aromatic carbocycles. The van der Waals surface area contributed by atoms with Crippen molar-refractivity contribution in [2.75, 3.05) is 39.4 Å². The van der Waals surface area contributed by atoms with Crippen LogP contribution in [0.15, 0.2) is 47.0 Å². The molecule has 0 spiro atoms. The number of nitrogens with zero attached hydrogens (tertiary/aromatic N) is 2. The number of hydrogen-bond donors (Lipinski definition) is 1. The van der Waals surface area contributed by atoms with Crippen molar-refractivity contribution in [3.63, 3.8) is 0 Å². The van der Waals surface area contributed by atoms with Gasteiger partial charge in [-0.1, -0.05) is 20.8 Å². The smallest absolute Gasteiger partial charge is 0.255 e. The monoisotopic (exact) mass is 421 g/mol. The number of amides is 1. The molecule has 0 saturated carbocycles. The SMILES string of the molecule is CC(C)(C)CNCCc1cc2cc(-c3ccc(C(=O)N4CCOCC4)cn3)ccc2o1. The van der Waals surface area contributed by atoms with Crippen LogP contribution < -0.4 is 5.32 Å². The van der Waals surface area contributed by atoms with Gasteiger partial charge < -0.3 is 19.4 Å². The summed E-state index contributed by atoms with van der Waals surface area (Å²) in [7, 11) is 0. The number of benzene rings is 1. The number of carbonyl (C=O) groups excluding carboxylic acids is 1. The molecule has 31 heavy (non-hydrogen) atoms. The number of aromatic nitrogens is 1. The van der Waals surface area contributed by atoms with Gasteiger partial charge >= 0.3 is 0 Å². The van der Waals surface area contributed by atoms with Crippen molar-refractivity contribution in [2.45, 2.75) is 27.2 Å². The molecule has 0 atom stereocenters. The molecule has 0 unspecified atom stereocenters. The molecule has 6 nitrogen and oxygen atoms in total. The Bertz CT molecular complexity index is 1030. The Kier molecular flexibility index (Phi) is 6.39. The molecule has 0 radical (unpaired) electrons. The van der Waals surface area contributed by atoms with Crippen LogP contribution in [0.2, 0.25) is 0 Å². The summed E-state index contributed by atoms with van der Waals surface area (Å²) in [6.45, 7) is 11.0. The number of hydrogen-bond acceptors (Lipinski definition) is 5. The number of fused-ring (bicyclic) bond motifs is 1. The zero-order valence-corrected chi connectivity index (χ0v) is 18.6. The molecule has 164 valence electrons. The second-order valence-electron chi connectivity index (χ2n) is 9.29. The maximum absolute atomic E-state index is 12.6. The molecule has 3 heterocycles. The van der Waals surface area contributed by atoms with Crippen molar-refractivity contribution in [3.05, 3.63) is 53.9 Å². The van der Waals surface area contributed by atoms with Gasteiger partial charge in [0.2, 0.25) is 0 Å². The molecule has 6 heteroatoms. The van der Waals surface area contributed by atoms with Crippen molar-refractivity contribution < 1.29 is 13.9 Å². The zero-order chi connectivity index (χ0) is 21.8. The number of rotatable bonds is 6. The molecule has 3 aromatic rings. The molecule has 1 amide bonds. The van der Waals surface area contributed by atoms with E-state index in [1.807, 2.05) is 29.2 Å². The van der Waals surface area contributed by atoms with Crippen molar-refractivity contribution in [1.82, 2.24) is 15.2 Å². The van der Waals surface area contributed by atoms with E-state index in [2.05, 4.69) is 43.2 Å². The van der Waals surface area contributed by atoms with E-state index in [0.717, 1.165) is 47.5 Å². The van der Waals surface area contributed by atoms with E-state index in [1.54, 1.807) is 6.20 Å². The lowest BCUT2D eigenvalue weighted by molar-refractivity contribution is 0.0302. The minimum atomic E-state index is 0.0114. The average Bonchev–Trinajstić information content (AvgIpc) is 3.18. The predicted molar refractivity (Wildman–Crippen MR) is 122 cm³/mol. The largest absolute Gasteiger partial charge is 0.461 e. The lowest BCUT2D eigenvalue weighted by atomic mass is 9.97. The molecule has 4 rings (SSSR count). The Balaban J connectivity index is 1.42. The Labute approximate surface area is 183 Å². The van der Waals surface area contributed by atoms with Gasteiger partial charge in [0.15, 0.2) is 0 Å². The van der Waals surface area contributed by atoms with Crippen LogP contribution >= 0.6 is 0 Å². The number of ether oxygens (including phenoxy) is 1. The standard InChI is InChI=1S/C25H31N3O3/c1-25(2,3)17-26-9-8-21-15-20-14-18(5-7-23(20)31-21)22-6-4-19(16-27-22)24(29)28-10-12-30-13-11-28/h4-7,14-16,26H,8-13,17H2,1-3H3. The normalized spacial score (nSPS) is 14.9. The van der Waals surface area contributed by atoms with Crippen molar-refractivity contribution in [1.29, 1.82) is 0 Å². The third-order valence-corrected chi connectivity index (χ3v) is 5.38. The van der Waals surface area contributed by atoms with Gasteiger partial charge in [-0.3, -0.25) is 9.78 Å². The van der Waals surface area contributed by atoms with Gasteiger partial charge in [-0.05, 0) is 41.8 Å². The van der Waals surface area contributed by atoms with Gasteiger partial charge in [0.1, 0.15) is 11.3 Å². The van der Waals surface area contributed by atoms with Crippen LogP contribution in [0.4, 0.5) is 0 Å². The van der Waals surface area contributed by atoms with Crippen LogP contribution in [0.3, 0.4) is 0 Å². The number of furan rings is 1. The van der Waals surface area contributed by atoms with Crippen molar-refractivity contribution >= 4 is 16.9 Å². The zero-order valence-electron chi connectivity index (χ0n) is 18.6. The highest BCUT2D eigenvalue weighted by Crippen LogP contribution is 2.26. The summed E-state index contributed by atoms with van der Waals surface area (Å²) in [5.74, 6) is 0.991. The first kappa shape index (κ1) is 21.5. The minimum Gasteiger partial charge on any atom is -0.461 e. The Morgan fingerprint density at radius 1 is 1.13 bits per heavy atom. The fourth-order valence-corrected chi connectivity index (χ4v) is 3.70. The minimum absolute atomic E-state index is 0.0114. The average molecular weight is 422 g/mol. The second kappa shape index (κ2) is 9.20. The van der Waals surface area contributed by atoms with E-state index in [1.165, 1.54) is 0 Å². The topological polar surface area (TPSA) is 67.6 Å². The molecule has 1 fully saturated rings. The lowest BCUT2D eigenvalue weighted by Gasteiger charge is -2.26. The van der Waals surface area contributed by atoms with Crippen molar-refractivity contribution in [2.24, 2.45) is 5.41 Å². The third kappa shape index (κ3) is 5.51. The van der Waals surface area contributed by atoms with E-state index >= 15 is 0 Å². The summed E-state index contributed by atoms with van der Waals surface area (Å²) < 4.78 is 11.3. The number of morpholine rings is 1. The van der Waals surface area contributed by atoms with Gasteiger partial charge in [-0.2, -0.15) is 0 Å². The number of nitrogens with one attached hydrogen (secondary N) is 1. The van der Waals surface area contributed by atoms with E-state index in [4.69, 9.17) is 9.15 Å². The Morgan fingerprint density at radius 3 is 2.65 bits per heavy atom. The first-order chi connectivity index (χ1) is 14.9. The molecule has 1 N–H and O–H groups in total. The van der Waals surface area contributed by atoms with Crippen LogP contribution in [0.25, 0.3) is 22.2 Å². The molecule has 0 aliphatic carbocycles. The summed E-state index contributed by atoms with van der Waals surface area (Å²) in [4.78, 5) is 19.0. The van der Waals surface area contributed by atoms with Crippen LogP contribution in [0.5, 0.6) is 0 Å². The predicted octanol–water partition coefficient (Wildman–Crippen LogP) is 4.15. The maximum Gasteiger partial charge on any atom is 0.255 e. The van der Waals surface area contributed by atoms with Crippen LogP contribution in [0, 0.1) is 5.41 Å². The lowest BCUT2D eigenvalue weighted by Crippen LogP contribution is -2.40. The summed E-state index contributed by atoms with van der Waals surface area (Å²) in [5.41, 5.74) is 3.62. The Morgan fingerprint density at radius 2 is 1.94 bits per heavy atom. The first-order valence-electron chi connectivity index (χ1n) is 11.0. The first-order valence-corrected chi connectivity index (χ1v) is 11.0. The summed E-state index contributed by atoms with van der Waals surface area (Å²) >= 11 is 0. The van der Waals surface area contributed by atoms with Gasteiger partial charge in [0.05, 0.1) is 24.5 Å². The summed E-state index contributed by atoms with van der Waals surface area (Å²) in [6.07, 6.45) is 2.52. The van der Waals surface area contributed by atoms with E-state index in [0.29, 0.717) is 31.9 Å². The highest BCUT2D eigenvalue weighted by atomic mass is 16.5. The maximum atomic E-state index is 12.6. The molecule has 1 saturated heterocycles. The fraction of sp³-hybridized carbons (Fsp3) is 0.440. The number of pyridine rings is 1. The molecule has 1 aliphatic rings. The summed E-state index contributed by atoms with van der Waals surface area (Å²) in [5, 5.41) is 4.55. The van der Waals surface area contributed by atoms with E-state index in [9.17, 15) is 4.79 Å². The van der Waals surface area contributed by atoms with E-state index in [-0.39, 0.29) is 11.3 Å². The fourth-order valence-electron chi connectivity index (χ4n) is 3.70. The van der Waals surface area contributed by atoms with Crippen LogP contribution in [0.1, 0.15) is 36.9 Å². The van der Waals surface area contributed by atoms with Gasteiger partial charge in [0.25, 0.3) is 5.91 Å². The van der Waals surface area contributed by atoms with Crippen LogP contribution in [-0.2, 0) is 11.2 Å². The number of carbonyl (C=O) groups is 1. The molecule has 2 aromatic heterocycles. The van der Waals surface area contributed by atoms with Crippen LogP contribution in [-0.4, -0.2) is 55.2 Å². The molecule has 0 bridgehead atoms. The Hall–Kier alpha value is -2.70. The quantitative estimate of drug-likeness (QED) is 0.606. The highest BCUT2D eigenvalue weighted by Gasteiger charge is 2.19. The molecular formula is C25H31N3O3. The molecular weight excluding hydrogens is 390 g/mol. The molecule has 1 aliphatic heterocycles. The second-order valence-corrected chi connectivity index (χ2v) is 9.29. The van der Waals surface area contributed by atoms with Crippen molar-refractivity contribution in [3.8, 4) is 11.3 Å². The summed E-state index contributed by atoms with van der Waals surface area (Å²) in [6, 6.07) is 12.0. The highest BCUT2D eigenvalue weighted by molar-refractivity contribution is 5.94. The van der Waals surface area contributed by atoms with Gasteiger partial charge in [-0.25, -0.2) is 0 Å². The van der Waals surface area contributed by atoms with Gasteiger partial charge in [0, 0.05) is 49.7 Å².